The third kappa shape index (κ3) is 6.75. The fraction of sp³-hybridized carbons (Fsp3) is 0.471. The van der Waals surface area contributed by atoms with Crippen molar-refractivity contribution in [3.63, 3.8) is 0 Å². The molecule has 15 heteroatoms. The molecule has 3 heterocycles. The average Bonchev–Trinajstić information content (AvgIpc) is 3.39. The maximum atomic E-state index is 12.7. The van der Waals surface area contributed by atoms with Gasteiger partial charge < -0.3 is 0 Å². The lowest BCUT2D eigenvalue weighted by molar-refractivity contribution is -0.864. The average molecular weight is 481 g/mol. The SMILES string of the molecule is CCn1c(F)c(F)[n+](C)c1F.CCn1cc[n+](C)c1.FC(F)(F)c1[nH]cc[n+]1C(F)(F)F. The number of aromatic nitrogens is 6. The standard InChI is InChI=1S/C6H8F3N2.C6H11N2.C5H2F6N2/c1-3-11-5(8)4(7)10(2)6(11)9;1-3-8-5-4-7(2)6-8;6-4(7,8)3-12-1-2-13(3)5(9,10)11/h3H2,1-2H3;4-6H,3H2,1-2H3;1-2H/q2*+1;/p+1. The number of nitrogens with one attached hydrogen (secondary N) is 1. The van der Waals surface area contributed by atoms with Crippen molar-refractivity contribution in [3.05, 3.63) is 54.9 Å². The van der Waals surface area contributed by atoms with E-state index in [4.69, 9.17) is 0 Å². The maximum absolute atomic E-state index is 12.7. The molecule has 0 unspecified atom stereocenters. The van der Waals surface area contributed by atoms with Gasteiger partial charge in [0.1, 0.15) is 24.8 Å². The zero-order valence-electron chi connectivity index (χ0n) is 17.4. The number of hydrogen-bond donors (Lipinski definition) is 1. The van der Waals surface area contributed by atoms with Crippen LogP contribution in [0.25, 0.3) is 0 Å². The summed E-state index contributed by atoms with van der Waals surface area (Å²) < 4.78 is 113. The van der Waals surface area contributed by atoms with E-state index in [-0.39, 0.29) is 12.7 Å². The first-order chi connectivity index (χ1) is 14.6. The molecular weight excluding hydrogens is 459 g/mol. The predicted molar refractivity (Wildman–Crippen MR) is 89.7 cm³/mol. The highest BCUT2D eigenvalue weighted by molar-refractivity contribution is 4.83. The summed E-state index contributed by atoms with van der Waals surface area (Å²) in [7, 11) is 3.14. The summed E-state index contributed by atoms with van der Waals surface area (Å²) in [6, 6.07) is 0. The van der Waals surface area contributed by atoms with Crippen LogP contribution in [0.3, 0.4) is 0 Å². The Kier molecular flexibility index (Phi) is 8.91. The van der Waals surface area contributed by atoms with Crippen molar-refractivity contribution in [1.82, 2.24) is 14.1 Å². The van der Waals surface area contributed by atoms with Gasteiger partial charge in [0.15, 0.2) is 0 Å². The van der Waals surface area contributed by atoms with E-state index in [1.165, 1.54) is 11.9 Å². The third-order valence-corrected chi connectivity index (χ3v) is 3.93. The van der Waals surface area contributed by atoms with Gasteiger partial charge in [0.05, 0.1) is 27.2 Å². The predicted octanol–water partition coefficient (Wildman–Crippen LogP) is 2.88. The Balaban J connectivity index is 0.000000247. The molecule has 3 aromatic rings. The van der Waals surface area contributed by atoms with Crippen LogP contribution in [0.5, 0.6) is 0 Å². The number of halogens is 9. The first kappa shape index (κ1) is 27.0. The van der Waals surface area contributed by atoms with E-state index in [0.29, 0.717) is 15.3 Å². The summed E-state index contributed by atoms with van der Waals surface area (Å²) in [5.41, 5.74) is 0. The summed E-state index contributed by atoms with van der Waals surface area (Å²) in [6.07, 6.45) is -4.05. The molecule has 0 aliphatic heterocycles. The minimum atomic E-state index is -5.06. The van der Waals surface area contributed by atoms with Gasteiger partial charge in [-0.25, -0.2) is 14.1 Å². The molecule has 0 saturated carbocycles. The molecule has 0 aromatic carbocycles. The molecule has 3 rings (SSSR count). The zero-order chi connectivity index (χ0) is 24.9. The fourth-order valence-corrected chi connectivity index (χ4v) is 2.32. The molecule has 180 valence electrons. The van der Waals surface area contributed by atoms with Crippen LogP contribution in [0.2, 0.25) is 0 Å². The van der Waals surface area contributed by atoms with Gasteiger partial charge in [0, 0.05) is 0 Å². The highest BCUT2D eigenvalue weighted by Crippen LogP contribution is 2.27. The molecule has 3 aromatic heterocycles. The number of alkyl halides is 6. The topological polar surface area (TPSA) is 37.3 Å². The summed E-state index contributed by atoms with van der Waals surface area (Å²) in [4.78, 5) is 1.47. The molecule has 6 nitrogen and oxygen atoms in total. The summed E-state index contributed by atoms with van der Waals surface area (Å²) in [5.74, 6) is -4.18. The highest BCUT2D eigenvalue weighted by atomic mass is 19.4. The van der Waals surface area contributed by atoms with Crippen LogP contribution < -0.4 is 13.7 Å². The van der Waals surface area contributed by atoms with Crippen molar-refractivity contribution in [3.8, 4) is 0 Å². The third-order valence-electron chi connectivity index (χ3n) is 3.93. The van der Waals surface area contributed by atoms with Gasteiger partial charge in [-0.3, -0.25) is 0 Å². The van der Waals surface area contributed by atoms with Crippen LogP contribution in [0, 0.1) is 18.0 Å². The van der Waals surface area contributed by atoms with Gasteiger partial charge in [-0.1, -0.05) is 0 Å². The van der Waals surface area contributed by atoms with Gasteiger partial charge in [0.2, 0.25) is 6.33 Å². The highest BCUT2D eigenvalue weighted by Gasteiger charge is 2.50. The molecule has 0 saturated heterocycles. The Morgan fingerprint density at radius 2 is 1.53 bits per heavy atom. The summed E-state index contributed by atoms with van der Waals surface area (Å²) in [6.45, 7) is 4.79. The van der Waals surface area contributed by atoms with Crippen LogP contribution in [0.1, 0.15) is 19.7 Å². The van der Waals surface area contributed by atoms with E-state index in [0.717, 1.165) is 13.6 Å². The van der Waals surface area contributed by atoms with Gasteiger partial charge in [-0.2, -0.15) is 31.1 Å². The molecule has 0 aliphatic rings. The fourth-order valence-electron chi connectivity index (χ4n) is 2.32. The van der Waals surface area contributed by atoms with Gasteiger partial charge in [-0.05, 0) is 13.8 Å². The van der Waals surface area contributed by atoms with Gasteiger partial charge in [-0.15, -0.1) is 22.1 Å². The smallest absolute Gasteiger partial charge is 0.240 e. The Morgan fingerprint density at radius 1 is 0.938 bits per heavy atom. The molecule has 0 bridgehead atoms. The Hall–Kier alpha value is -3.00. The number of H-pyrrole nitrogens is 1. The van der Waals surface area contributed by atoms with Crippen molar-refractivity contribution in [2.45, 2.75) is 39.4 Å². The van der Waals surface area contributed by atoms with E-state index in [9.17, 15) is 39.5 Å². The minimum absolute atomic E-state index is 0.0788. The zero-order valence-corrected chi connectivity index (χ0v) is 17.4. The second-order valence-corrected chi connectivity index (χ2v) is 6.21. The van der Waals surface area contributed by atoms with Crippen molar-refractivity contribution < 1.29 is 53.2 Å². The second-order valence-electron chi connectivity index (χ2n) is 6.21. The monoisotopic (exact) mass is 481 g/mol. The van der Waals surface area contributed by atoms with Crippen molar-refractivity contribution in [1.29, 1.82) is 0 Å². The first-order valence-electron chi connectivity index (χ1n) is 8.98. The number of rotatable bonds is 2. The lowest BCUT2D eigenvalue weighted by atomic mass is 10.6. The molecule has 0 aliphatic carbocycles. The van der Waals surface area contributed by atoms with Crippen LogP contribution in [0.4, 0.5) is 39.5 Å². The molecule has 0 fully saturated rings. The second kappa shape index (κ2) is 10.5. The molecule has 0 amide bonds. The lowest BCUT2D eigenvalue weighted by Gasteiger charge is -2.05. The Bertz CT molecular complexity index is 943. The first-order valence-corrected chi connectivity index (χ1v) is 8.98. The quantitative estimate of drug-likeness (QED) is 0.432. The summed E-state index contributed by atoms with van der Waals surface area (Å²) >= 11 is 0. The number of imidazole rings is 3. The lowest BCUT2D eigenvalue weighted by Crippen LogP contribution is -2.51. The Morgan fingerprint density at radius 3 is 1.78 bits per heavy atom. The van der Waals surface area contributed by atoms with Crippen LogP contribution in [-0.2, 0) is 39.7 Å². The van der Waals surface area contributed by atoms with E-state index in [1.54, 1.807) is 0 Å². The molecular formula is C17H22F9N6+3. The van der Waals surface area contributed by atoms with E-state index in [2.05, 4.69) is 24.0 Å². The van der Waals surface area contributed by atoms with Crippen LogP contribution in [-0.4, -0.2) is 14.1 Å². The van der Waals surface area contributed by atoms with Crippen molar-refractivity contribution in [2.24, 2.45) is 14.1 Å². The molecule has 32 heavy (non-hydrogen) atoms. The molecule has 0 spiro atoms. The van der Waals surface area contributed by atoms with Crippen LogP contribution in [0.15, 0.2) is 31.1 Å². The Labute approximate surface area is 176 Å². The van der Waals surface area contributed by atoms with E-state index < -0.39 is 40.8 Å². The van der Waals surface area contributed by atoms with E-state index in [1.807, 2.05) is 17.8 Å². The van der Waals surface area contributed by atoms with E-state index >= 15 is 0 Å². The van der Waals surface area contributed by atoms with Crippen molar-refractivity contribution in [2.75, 3.05) is 0 Å². The van der Waals surface area contributed by atoms with Gasteiger partial charge in [0.25, 0.3) is 0 Å². The van der Waals surface area contributed by atoms with Crippen LogP contribution >= 0.6 is 0 Å². The largest absolute Gasteiger partial charge is 0.567 e. The molecule has 0 radical (unpaired) electrons. The van der Waals surface area contributed by atoms with Crippen molar-refractivity contribution >= 4 is 0 Å². The number of aryl methyl sites for hydroxylation is 2. The normalized spacial score (nSPS) is 11.5. The molecule has 1 N–H and O–H groups in total. The number of hydrogen-bond acceptors (Lipinski definition) is 0. The maximum Gasteiger partial charge on any atom is 0.567 e. The number of nitrogens with zero attached hydrogens (tertiary/aromatic N) is 5. The molecule has 0 atom stereocenters. The van der Waals surface area contributed by atoms with Gasteiger partial charge >= 0.3 is 36.3 Å². The minimum Gasteiger partial charge on any atom is -0.240 e. The number of aromatic amines is 1. The summed E-state index contributed by atoms with van der Waals surface area (Å²) in [5, 5.41) is 0.